The lowest BCUT2D eigenvalue weighted by molar-refractivity contribution is -0.142. The van der Waals surface area contributed by atoms with Gasteiger partial charge in [-0.05, 0) is 43.2 Å². The van der Waals surface area contributed by atoms with Gasteiger partial charge in [0.05, 0.1) is 29.2 Å². The van der Waals surface area contributed by atoms with Crippen LogP contribution in [0.3, 0.4) is 0 Å². The molecule has 180 valence electrons. The normalized spacial score (nSPS) is 33.4. The van der Waals surface area contributed by atoms with Crippen LogP contribution in [0.15, 0.2) is 18.2 Å². The Morgan fingerprint density at radius 1 is 1.24 bits per heavy atom. The lowest BCUT2D eigenvalue weighted by Gasteiger charge is -2.41. The Kier molecular flexibility index (Phi) is 6.29. The van der Waals surface area contributed by atoms with Gasteiger partial charge in [-0.3, -0.25) is 14.4 Å². The first kappa shape index (κ1) is 24.1. The van der Waals surface area contributed by atoms with Gasteiger partial charge in [-0.1, -0.05) is 39.0 Å². The van der Waals surface area contributed by atoms with Gasteiger partial charge in [0.2, 0.25) is 17.7 Å². The molecule has 3 heterocycles. The number of carbonyl (C=O) groups excluding carboxylic acids is 3. The van der Waals surface area contributed by atoms with Crippen molar-refractivity contribution in [3.05, 3.63) is 29.3 Å². The maximum Gasteiger partial charge on any atom is 0.248 e. The average molecular weight is 474 g/mol. The van der Waals surface area contributed by atoms with Gasteiger partial charge >= 0.3 is 0 Å². The fourth-order valence-corrected chi connectivity index (χ4v) is 8.81. The summed E-state index contributed by atoms with van der Waals surface area (Å²) in [5.74, 6) is -1.54. The summed E-state index contributed by atoms with van der Waals surface area (Å²) >= 11 is 1.65. The van der Waals surface area contributed by atoms with Gasteiger partial charge < -0.3 is 20.6 Å². The number of hydrogen-bond acceptors (Lipinski definition) is 5. The molecule has 0 radical (unpaired) electrons. The maximum absolute atomic E-state index is 14.0. The molecule has 4 rings (SSSR count). The maximum atomic E-state index is 14.0. The third kappa shape index (κ3) is 3.40. The van der Waals surface area contributed by atoms with Gasteiger partial charge in [-0.2, -0.15) is 0 Å². The van der Waals surface area contributed by atoms with E-state index in [4.69, 9.17) is 0 Å². The topological polar surface area (TPSA) is 98.7 Å². The Morgan fingerprint density at radius 3 is 2.42 bits per heavy atom. The zero-order chi connectivity index (χ0) is 24.2. The summed E-state index contributed by atoms with van der Waals surface area (Å²) in [6.45, 7) is 9.67. The minimum Gasteiger partial charge on any atom is -0.394 e. The molecule has 3 saturated heterocycles. The van der Waals surface area contributed by atoms with Crippen molar-refractivity contribution in [1.82, 2.24) is 10.2 Å². The number of fused-ring (bicyclic) bond motifs is 1. The summed E-state index contributed by atoms with van der Waals surface area (Å²) in [4.78, 5) is 42.5. The molecule has 7 atom stereocenters. The first-order valence-corrected chi connectivity index (χ1v) is 12.7. The first-order chi connectivity index (χ1) is 15.6. The van der Waals surface area contributed by atoms with Crippen LogP contribution in [0, 0.1) is 37.5 Å². The highest BCUT2D eigenvalue weighted by molar-refractivity contribution is 8.02. The second-order valence-electron chi connectivity index (χ2n) is 10.2. The number of nitrogens with one attached hydrogen (secondary N) is 2. The molecule has 0 aliphatic carbocycles. The molecule has 3 amide bonds. The summed E-state index contributed by atoms with van der Waals surface area (Å²) < 4.78 is -0.693. The predicted molar refractivity (Wildman–Crippen MR) is 130 cm³/mol. The van der Waals surface area contributed by atoms with E-state index in [1.807, 2.05) is 45.9 Å². The van der Waals surface area contributed by atoms with Crippen molar-refractivity contribution < 1.29 is 19.5 Å². The van der Waals surface area contributed by atoms with E-state index in [2.05, 4.69) is 17.6 Å². The number of anilines is 1. The van der Waals surface area contributed by atoms with E-state index in [-0.39, 0.29) is 41.4 Å². The lowest BCUT2D eigenvalue weighted by Crippen LogP contribution is -2.58. The Bertz CT molecular complexity index is 962. The van der Waals surface area contributed by atoms with Crippen LogP contribution in [0.1, 0.15) is 38.3 Å². The molecule has 0 saturated carbocycles. The summed E-state index contributed by atoms with van der Waals surface area (Å²) in [6, 6.07) is 4.60. The number of thioether (sulfide) groups is 1. The molecule has 7 nitrogen and oxygen atoms in total. The van der Waals surface area contributed by atoms with Crippen LogP contribution in [0.5, 0.6) is 0 Å². The molecule has 3 aliphatic heterocycles. The summed E-state index contributed by atoms with van der Waals surface area (Å²) in [6.07, 6.45) is 0.791. The smallest absolute Gasteiger partial charge is 0.248 e. The fraction of sp³-hybridized carbons (Fsp3) is 0.640. The van der Waals surface area contributed by atoms with Crippen LogP contribution in [0.2, 0.25) is 0 Å². The molecule has 3 unspecified atom stereocenters. The number of benzene rings is 1. The van der Waals surface area contributed by atoms with E-state index in [1.54, 1.807) is 23.7 Å². The van der Waals surface area contributed by atoms with Crippen LogP contribution in [0.25, 0.3) is 0 Å². The van der Waals surface area contributed by atoms with Crippen molar-refractivity contribution >= 4 is 35.2 Å². The molecule has 8 heteroatoms. The largest absolute Gasteiger partial charge is 0.394 e. The second-order valence-corrected chi connectivity index (χ2v) is 11.7. The van der Waals surface area contributed by atoms with Gasteiger partial charge in [0.1, 0.15) is 6.04 Å². The molecule has 3 aliphatic rings. The number of aliphatic hydroxyl groups excluding tert-OH is 1. The SMILES string of the molecule is CNC(=O)[C@@H]1[C@@H]2CC(C)C3(S2)C(C(=O)Nc2c(C)cccc2C)N([C@@H](CO)C(C)C)C(=O)[C@H]13. The van der Waals surface area contributed by atoms with Crippen molar-refractivity contribution in [3.8, 4) is 0 Å². The van der Waals surface area contributed by atoms with Crippen LogP contribution in [-0.2, 0) is 14.4 Å². The van der Waals surface area contributed by atoms with E-state index in [1.165, 1.54) is 0 Å². The van der Waals surface area contributed by atoms with Crippen LogP contribution in [0.4, 0.5) is 5.69 Å². The van der Waals surface area contributed by atoms with Gasteiger partial charge in [0.15, 0.2) is 0 Å². The highest BCUT2D eigenvalue weighted by Crippen LogP contribution is 2.68. The standard InChI is InChI=1S/C25H35N3O4S/c1-12(2)16(11-29)28-21(23(31)27-20-13(3)8-7-9-14(20)4)25-15(5)10-17(33-25)18(22(30)26-6)19(25)24(28)32/h7-9,12,15-19,21,29H,10-11H2,1-6H3,(H,26,30)(H,27,31)/t15?,16-,17-,18+,19-,21?,25?/m0/s1. The number of rotatable bonds is 6. The monoisotopic (exact) mass is 473 g/mol. The van der Waals surface area contributed by atoms with Gasteiger partial charge in [0, 0.05) is 18.0 Å². The Hall–Kier alpha value is -2.06. The summed E-state index contributed by atoms with van der Waals surface area (Å²) in [7, 11) is 1.60. The van der Waals surface area contributed by atoms with Crippen LogP contribution < -0.4 is 10.6 Å². The van der Waals surface area contributed by atoms with E-state index < -0.39 is 28.7 Å². The highest BCUT2D eigenvalue weighted by Gasteiger charge is 2.76. The molecular weight excluding hydrogens is 438 g/mol. The number of likely N-dealkylation sites (tertiary alicyclic amines) is 1. The van der Waals surface area contributed by atoms with E-state index in [0.29, 0.717) is 0 Å². The quantitative estimate of drug-likeness (QED) is 0.589. The first-order valence-electron chi connectivity index (χ1n) is 11.8. The Labute approximate surface area is 200 Å². The zero-order valence-corrected chi connectivity index (χ0v) is 21.0. The van der Waals surface area contributed by atoms with Crippen molar-refractivity contribution in [3.63, 3.8) is 0 Å². The molecule has 1 aromatic carbocycles. The summed E-state index contributed by atoms with van der Waals surface area (Å²) in [5.41, 5.74) is 2.67. The molecule has 1 aromatic rings. The van der Waals surface area contributed by atoms with E-state index in [0.717, 1.165) is 23.2 Å². The van der Waals surface area contributed by atoms with Crippen molar-refractivity contribution in [2.45, 2.75) is 63.1 Å². The number of aliphatic hydroxyl groups is 1. The van der Waals surface area contributed by atoms with Crippen molar-refractivity contribution in [2.24, 2.45) is 23.7 Å². The molecular formula is C25H35N3O4S. The molecule has 2 bridgehead atoms. The molecule has 1 spiro atoms. The minimum absolute atomic E-state index is 0.0122. The number of carbonyl (C=O) groups is 3. The average Bonchev–Trinajstić information content (AvgIpc) is 3.35. The predicted octanol–water partition coefficient (Wildman–Crippen LogP) is 2.34. The van der Waals surface area contributed by atoms with Crippen molar-refractivity contribution in [1.29, 1.82) is 0 Å². The molecule has 0 aromatic heterocycles. The fourth-order valence-electron chi connectivity index (χ4n) is 6.41. The zero-order valence-electron chi connectivity index (χ0n) is 20.2. The number of amides is 3. The number of para-hydroxylation sites is 1. The third-order valence-corrected chi connectivity index (χ3v) is 10.1. The third-order valence-electron chi connectivity index (χ3n) is 8.02. The summed E-state index contributed by atoms with van der Waals surface area (Å²) in [5, 5.41) is 16.1. The Balaban J connectivity index is 1.83. The minimum atomic E-state index is -0.756. The van der Waals surface area contributed by atoms with Crippen LogP contribution in [-0.4, -0.2) is 63.5 Å². The van der Waals surface area contributed by atoms with Crippen molar-refractivity contribution in [2.75, 3.05) is 19.0 Å². The molecule has 3 N–H and O–H groups in total. The number of hydrogen-bond donors (Lipinski definition) is 3. The lowest BCUT2D eigenvalue weighted by atomic mass is 9.66. The van der Waals surface area contributed by atoms with E-state index in [9.17, 15) is 19.5 Å². The van der Waals surface area contributed by atoms with Gasteiger partial charge in [-0.25, -0.2) is 0 Å². The number of nitrogens with zero attached hydrogens (tertiary/aromatic N) is 1. The van der Waals surface area contributed by atoms with Gasteiger partial charge in [0.25, 0.3) is 0 Å². The van der Waals surface area contributed by atoms with Gasteiger partial charge in [-0.15, -0.1) is 11.8 Å². The Morgan fingerprint density at radius 2 is 1.88 bits per heavy atom. The van der Waals surface area contributed by atoms with Crippen LogP contribution >= 0.6 is 11.8 Å². The second kappa shape index (κ2) is 8.62. The molecule has 3 fully saturated rings. The van der Waals surface area contributed by atoms with E-state index >= 15 is 0 Å². The highest BCUT2D eigenvalue weighted by atomic mass is 32.2. The number of aryl methyl sites for hydroxylation is 2. The molecule has 33 heavy (non-hydrogen) atoms.